The number of rotatable bonds is 3. The lowest BCUT2D eigenvalue weighted by molar-refractivity contribution is 0.0372. The van der Waals surface area contributed by atoms with Crippen LogP contribution in [0.15, 0.2) is 24.3 Å². The Hall–Kier alpha value is -1.06. The third-order valence-corrected chi connectivity index (χ3v) is 2.56. The van der Waals surface area contributed by atoms with Gasteiger partial charge in [-0.25, -0.2) is 0 Å². The zero-order chi connectivity index (χ0) is 10.5. The largest absolute Gasteiger partial charge is 0.382 e. The van der Waals surface area contributed by atoms with Crippen LogP contribution in [0.25, 0.3) is 0 Å². The standard InChI is InChI=1S/C12H18N2O/c1-10-3-2-4-11(7-10)14-9-12-8-13-5-6-15-12/h2-4,7,12-14H,5-6,8-9H2,1H3. The van der Waals surface area contributed by atoms with Crippen LogP contribution in [0.1, 0.15) is 5.56 Å². The molecule has 0 aliphatic carbocycles. The van der Waals surface area contributed by atoms with E-state index in [1.807, 2.05) is 0 Å². The number of ether oxygens (including phenoxy) is 1. The van der Waals surface area contributed by atoms with Gasteiger partial charge < -0.3 is 15.4 Å². The molecule has 1 heterocycles. The first-order valence-corrected chi connectivity index (χ1v) is 5.47. The van der Waals surface area contributed by atoms with Gasteiger partial charge in [-0.3, -0.25) is 0 Å². The van der Waals surface area contributed by atoms with Gasteiger partial charge in [0.05, 0.1) is 12.7 Å². The first-order valence-electron chi connectivity index (χ1n) is 5.47. The van der Waals surface area contributed by atoms with Crippen molar-refractivity contribution in [3.63, 3.8) is 0 Å². The van der Waals surface area contributed by atoms with Crippen molar-refractivity contribution in [3.05, 3.63) is 29.8 Å². The molecule has 1 aliphatic heterocycles. The maximum atomic E-state index is 5.60. The van der Waals surface area contributed by atoms with Crippen molar-refractivity contribution in [1.29, 1.82) is 0 Å². The van der Waals surface area contributed by atoms with Gasteiger partial charge in [-0.1, -0.05) is 12.1 Å². The summed E-state index contributed by atoms with van der Waals surface area (Å²) in [5.41, 5.74) is 2.45. The van der Waals surface area contributed by atoms with Crippen molar-refractivity contribution in [1.82, 2.24) is 5.32 Å². The molecule has 82 valence electrons. The van der Waals surface area contributed by atoms with E-state index in [1.165, 1.54) is 11.3 Å². The zero-order valence-electron chi connectivity index (χ0n) is 9.12. The van der Waals surface area contributed by atoms with Crippen molar-refractivity contribution in [2.75, 3.05) is 31.6 Å². The molecule has 2 N–H and O–H groups in total. The summed E-state index contributed by atoms with van der Waals surface area (Å²) in [5.74, 6) is 0. The fraction of sp³-hybridized carbons (Fsp3) is 0.500. The van der Waals surface area contributed by atoms with E-state index < -0.39 is 0 Å². The van der Waals surface area contributed by atoms with Crippen molar-refractivity contribution in [3.8, 4) is 0 Å². The average molecular weight is 206 g/mol. The molecule has 0 bridgehead atoms. The number of aryl methyl sites for hydroxylation is 1. The predicted molar refractivity (Wildman–Crippen MR) is 62.3 cm³/mol. The minimum atomic E-state index is 0.291. The molecule has 0 spiro atoms. The van der Waals surface area contributed by atoms with Crippen molar-refractivity contribution >= 4 is 5.69 Å². The summed E-state index contributed by atoms with van der Waals surface area (Å²) in [4.78, 5) is 0. The lowest BCUT2D eigenvalue weighted by Crippen LogP contribution is -2.42. The molecule has 0 saturated carbocycles. The molecule has 0 aromatic heterocycles. The van der Waals surface area contributed by atoms with Crippen LogP contribution in [-0.4, -0.2) is 32.3 Å². The van der Waals surface area contributed by atoms with Gasteiger partial charge in [0, 0.05) is 25.3 Å². The van der Waals surface area contributed by atoms with E-state index in [4.69, 9.17) is 4.74 Å². The van der Waals surface area contributed by atoms with Gasteiger partial charge in [0.2, 0.25) is 0 Å². The Balaban J connectivity index is 1.81. The maximum absolute atomic E-state index is 5.60. The van der Waals surface area contributed by atoms with Crippen LogP contribution in [0.5, 0.6) is 0 Å². The normalized spacial score (nSPS) is 21.3. The van der Waals surface area contributed by atoms with Gasteiger partial charge in [0.15, 0.2) is 0 Å². The van der Waals surface area contributed by atoms with Crippen molar-refractivity contribution in [2.24, 2.45) is 0 Å². The Morgan fingerprint density at radius 1 is 1.53 bits per heavy atom. The molecule has 1 aliphatic rings. The second-order valence-corrected chi connectivity index (χ2v) is 3.95. The molecule has 3 nitrogen and oxygen atoms in total. The zero-order valence-corrected chi connectivity index (χ0v) is 9.12. The first kappa shape index (κ1) is 10.5. The van der Waals surface area contributed by atoms with Gasteiger partial charge >= 0.3 is 0 Å². The Kier molecular flexibility index (Phi) is 3.59. The molecule has 1 unspecified atom stereocenters. The van der Waals surface area contributed by atoms with Gasteiger partial charge in [0.1, 0.15) is 0 Å². The Labute approximate surface area is 90.8 Å². The third kappa shape index (κ3) is 3.22. The van der Waals surface area contributed by atoms with E-state index in [0.29, 0.717) is 6.10 Å². The van der Waals surface area contributed by atoms with E-state index in [2.05, 4.69) is 41.8 Å². The van der Waals surface area contributed by atoms with Crippen molar-refractivity contribution in [2.45, 2.75) is 13.0 Å². The fourth-order valence-electron chi connectivity index (χ4n) is 1.74. The number of anilines is 1. The highest BCUT2D eigenvalue weighted by molar-refractivity contribution is 5.45. The molecule has 3 heteroatoms. The quantitative estimate of drug-likeness (QED) is 0.784. The van der Waals surface area contributed by atoms with Crippen LogP contribution in [0.4, 0.5) is 5.69 Å². The summed E-state index contributed by atoms with van der Waals surface area (Å²) in [7, 11) is 0. The highest BCUT2D eigenvalue weighted by Gasteiger charge is 2.12. The van der Waals surface area contributed by atoms with E-state index in [-0.39, 0.29) is 0 Å². The van der Waals surface area contributed by atoms with E-state index in [1.54, 1.807) is 0 Å². The second kappa shape index (κ2) is 5.14. The molecular weight excluding hydrogens is 188 g/mol. The monoisotopic (exact) mass is 206 g/mol. The second-order valence-electron chi connectivity index (χ2n) is 3.95. The van der Waals surface area contributed by atoms with Gasteiger partial charge in [-0.05, 0) is 24.6 Å². The maximum Gasteiger partial charge on any atom is 0.0872 e. The Bertz CT molecular complexity index is 308. The number of benzene rings is 1. The lowest BCUT2D eigenvalue weighted by atomic mass is 10.2. The summed E-state index contributed by atoms with van der Waals surface area (Å²) >= 11 is 0. The molecule has 1 fully saturated rings. The molecule has 0 radical (unpaired) electrons. The molecule has 1 saturated heterocycles. The minimum absolute atomic E-state index is 0.291. The van der Waals surface area contributed by atoms with Crippen LogP contribution < -0.4 is 10.6 Å². The lowest BCUT2D eigenvalue weighted by Gasteiger charge is -2.24. The van der Waals surface area contributed by atoms with Gasteiger partial charge in [-0.15, -0.1) is 0 Å². The summed E-state index contributed by atoms with van der Waals surface area (Å²) in [6.45, 7) is 5.71. The summed E-state index contributed by atoms with van der Waals surface area (Å²) in [5, 5.41) is 6.71. The summed E-state index contributed by atoms with van der Waals surface area (Å²) < 4.78 is 5.60. The van der Waals surface area contributed by atoms with Crippen LogP contribution in [0, 0.1) is 6.92 Å². The van der Waals surface area contributed by atoms with E-state index in [0.717, 1.165) is 26.2 Å². The first-order chi connectivity index (χ1) is 7.34. The van der Waals surface area contributed by atoms with E-state index >= 15 is 0 Å². The summed E-state index contributed by atoms with van der Waals surface area (Å²) in [6.07, 6.45) is 0.291. The molecule has 0 amide bonds. The van der Waals surface area contributed by atoms with Crippen LogP contribution in [0.3, 0.4) is 0 Å². The fourth-order valence-corrected chi connectivity index (χ4v) is 1.74. The van der Waals surface area contributed by atoms with E-state index in [9.17, 15) is 0 Å². The van der Waals surface area contributed by atoms with Crippen molar-refractivity contribution < 1.29 is 4.74 Å². The molecule has 1 aromatic carbocycles. The number of hydrogen-bond acceptors (Lipinski definition) is 3. The number of nitrogens with one attached hydrogen (secondary N) is 2. The summed E-state index contributed by atoms with van der Waals surface area (Å²) in [6, 6.07) is 8.40. The predicted octanol–water partition coefficient (Wildman–Crippen LogP) is 1.40. The average Bonchev–Trinajstić information content (AvgIpc) is 2.28. The highest BCUT2D eigenvalue weighted by atomic mass is 16.5. The molecule has 1 aromatic rings. The molecule has 1 atom stereocenters. The van der Waals surface area contributed by atoms with Crippen LogP contribution in [-0.2, 0) is 4.74 Å². The topological polar surface area (TPSA) is 33.3 Å². The SMILES string of the molecule is Cc1cccc(NCC2CNCCO2)c1. The highest BCUT2D eigenvalue weighted by Crippen LogP contribution is 2.09. The molecular formula is C12H18N2O. The molecule has 15 heavy (non-hydrogen) atoms. The third-order valence-electron chi connectivity index (χ3n) is 2.56. The van der Waals surface area contributed by atoms with Gasteiger partial charge in [-0.2, -0.15) is 0 Å². The van der Waals surface area contributed by atoms with Crippen LogP contribution in [0.2, 0.25) is 0 Å². The Morgan fingerprint density at radius 2 is 2.47 bits per heavy atom. The smallest absolute Gasteiger partial charge is 0.0872 e. The van der Waals surface area contributed by atoms with Crippen LogP contribution >= 0.6 is 0 Å². The molecule has 2 rings (SSSR count). The minimum Gasteiger partial charge on any atom is -0.382 e. The van der Waals surface area contributed by atoms with Gasteiger partial charge in [0.25, 0.3) is 0 Å². The number of morpholine rings is 1. The Morgan fingerprint density at radius 3 is 3.20 bits per heavy atom. The number of hydrogen-bond donors (Lipinski definition) is 2.